The number of amides is 1. The Labute approximate surface area is 167 Å². The standard InChI is InChI=1S/C20H21ClN4O3/c1-20(2,3)17(19(27)28)22-18(26)15-12-16(24-10-4-5-11-24)25(23-15)14-8-6-13(21)7-9-14/h4-12,17H,1-3H3,(H,22,26)(H,27,28)/t17-/m1/s1. The second-order valence-corrected chi connectivity index (χ2v) is 7.91. The molecular weight excluding hydrogens is 380 g/mol. The Hall–Kier alpha value is -3.06. The fourth-order valence-electron chi connectivity index (χ4n) is 2.78. The summed E-state index contributed by atoms with van der Waals surface area (Å²) in [5.41, 5.74) is 0.190. The number of carbonyl (C=O) groups excluding carboxylic acids is 1. The monoisotopic (exact) mass is 400 g/mol. The molecule has 1 amide bonds. The van der Waals surface area contributed by atoms with Crippen molar-refractivity contribution in [3.8, 4) is 11.5 Å². The number of aliphatic carboxylic acids is 1. The molecule has 0 aliphatic heterocycles. The zero-order valence-electron chi connectivity index (χ0n) is 15.8. The summed E-state index contributed by atoms with van der Waals surface area (Å²) in [6, 6.07) is 11.3. The first-order chi connectivity index (χ1) is 13.2. The Morgan fingerprint density at radius 1 is 1.14 bits per heavy atom. The van der Waals surface area contributed by atoms with E-state index in [9.17, 15) is 14.7 Å². The first-order valence-electron chi connectivity index (χ1n) is 8.70. The van der Waals surface area contributed by atoms with E-state index in [0.717, 1.165) is 5.69 Å². The number of carbonyl (C=O) groups is 2. The summed E-state index contributed by atoms with van der Waals surface area (Å²) in [4.78, 5) is 24.3. The maximum Gasteiger partial charge on any atom is 0.326 e. The lowest BCUT2D eigenvalue weighted by Crippen LogP contribution is -2.49. The molecule has 7 nitrogen and oxygen atoms in total. The van der Waals surface area contributed by atoms with Gasteiger partial charge >= 0.3 is 5.97 Å². The van der Waals surface area contributed by atoms with Crippen molar-refractivity contribution in [1.29, 1.82) is 0 Å². The van der Waals surface area contributed by atoms with Crippen LogP contribution in [0.4, 0.5) is 0 Å². The summed E-state index contributed by atoms with van der Waals surface area (Å²) < 4.78 is 3.43. The molecule has 0 unspecified atom stereocenters. The molecule has 0 aliphatic rings. The van der Waals surface area contributed by atoms with Gasteiger partial charge in [-0.05, 0) is 41.8 Å². The molecule has 1 atom stereocenters. The summed E-state index contributed by atoms with van der Waals surface area (Å²) >= 11 is 5.97. The van der Waals surface area contributed by atoms with Crippen molar-refractivity contribution >= 4 is 23.5 Å². The average Bonchev–Trinajstić information content (AvgIpc) is 3.28. The van der Waals surface area contributed by atoms with E-state index in [0.29, 0.717) is 10.8 Å². The number of aromatic nitrogens is 3. The van der Waals surface area contributed by atoms with Crippen molar-refractivity contribution in [3.05, 3.63) is 65.6 Å². The summed E-state index contributed by atoms with van der Waals surface area (Å²) in [5.74, 6) is -1.01. The van der Waals surface area contributed by atoms with E-state index in [4.69, 9.17) is 11.6 Å². The highest BCUT2D eigenvalue weighted by Gasteiger charge is 2.33. The summed E-state index contributed by atoms with van der Waals surface area (Å²) in [7, 11) is 0. The van der Waals surface area contributed by atoms with Crippen LogP contribution in [0.25, 0.3) is 11.5 Å². The third-order valence-electron chi connectivity index (χ3n) is 4.25. The minimum atomic E-state index is -1.09. The Kier molecular flexibility index (Phi) is 5.29. The number of carboxylic acids is 1. The number of hydrogen-bond donors (Lipinski definition) is 2. The first kappa shape index (κ1) is 19.7. The number of benzene rings is 1. The van der Waals surface area contributed by atoms with E-state index < -0.39 is 23.3 Å². The normalized spacial score (nSPS) is 12.6. The topological polar surface area (TPSA) is 89.2 Å². The van der Waals surface area contributed by atoms with Crippen LogP contribution in [0.3, 0.4) is 0 Å². The minimum Gasteiger partial charge on any atom is -0.480 e. The van der Waals surface area contributed by atoms with Crippen LogP contribution in [0.15, 0.2) is 54.9 Å². The molecule has 0 saturated carbocycles. The molecule has 0 fully saturated rings. The average molecular weight is 401 g/mol. The Morgan fingerprint density at radius 3 is 2.29 bits per heavy atom. The Morgan fingerprint density at radius 2 is 1.75 bits per heavy atom. The number of nitrogens with one attached hydrogen (secondary N) is 1. The number of nitrogens with zero attached hydrogens (tertiary/aromatic N) is 3. The van der Waals surface area contributed by atoms with Gasteiger partial charge in [-0.2, -0.15) is 5.10 Å². The van der Waals surface area contributed by atoms with Gasteiger partial charge in [-0.15, -0.1) is 0 Å². The van der Waals surface area contributed by atoms with Gasteiger partial charge in [0.05, 0.1) is 5.69 Å². The van der Waals surface area contributed by atoms with Gasteiger partial charge in [0.15, 0.2) is 5.69 Å². The van der Waals surface area contributed by atoms with Gasteiger partial charge in [-0.3, -0.25) is 4.79 Å². The highest BCUT2D eigenvalue weighted by Crippen LogP contribution is 2.22. The maximum absolute atomic E-state index is 12.7. The van der Waals surface area contributed by atoms with E-state index in [1.54, 1.807) is 55.8 Å². The molecule has 3 rings (SSSR count). The third kappa shape index (κ3) is 4.09. The van der Waals surface area contributed by atoms with Crippen molar-refractivity contribution in [2.75, 3.05) is 0 Å². The highest BCUT2D eigenvalue weighted by atomic mass is 35.5. The number of halogens is 1. The highest BCUT2D eigenvalue weighted by molar-refractivity contribution is 6.30. The predicted octanol–water partition coefficient (Wildman–Crippen LogP) is 3.55. The molecule has 0 radical (unpaired) electrons. The fourth-order valence-corrected chi connectivity index (χ4v) is 2.91. The van der Waals surface area contributed by atoms with Crippen molar-refractivity contribution in [2.24, 2.45) is 5.41 Å². The quantitative estimate of drug-likeness (QED) is 0.685. The number of carboxylic acid groups (broad SMARTS) is 1. The lowest BCUT2D eigenvalue weighted by molar-refractivity contribution is -0.142. The summed E-state index contributed by atoms with van der Waals surface area (Å²) in [6.45, 7) is 5.26. The predicted molar refractivity (Wildman–Crippen MR) is 106 cm³/mol. The zero-order valence-corrected chi connectivity index (χ0v) is 16.5. The van der Waals surface area contributed by atoms with E-state index in [1.165, 1.54) is 0 Å². The van der Waals surface area contributed by atoms with Gasteiger partial charge < -0.3 is 15.0 Å². The zero-order chi connectivity index (χ0) is 20.5. The largest absolute Gasteiger partial charge is 0.480 e. The van der Waals surface area contributed by atoms with Gasteiger partial charge in [0.1, 0.15) is 11.9 Å². The SMILES string of the molecule is CC(C)(C)[C@H](NC(=O)c1cc(-n2cccc2)n(-c2ccc(Cl)cc2)n1)C(=O)O. The summed E-state index contributed by atoms with van der Waals surface area (Å²) in [5, 5.41) is 17.0. The van der Waals surface area contributed by atoms with Crippen LogP contribution in [-0.4, -0.2) is 37.4 Å². The summed E-state index contributed by atoms with van der Waals surface area (Å²) in [6.07, 6.45) is 3.67. The molecule has 0 saturated heterocycles. The molecule has 28 heavy (non-hydrogen) atoms. The Bertz CT molecular complexity index is 986. The molecule has 0 spiro atoms. The molecule has 146 valence electrons. The molecule has 1 aromatic carbocycles. The number of hydrogen-bond acceptors (Lipinski definition) is 3. The molecule has 0 bridgehead atoms. The smallest absolute Gasteiger partial charge is 0.326 e. The van der Waals surface area contributed by atoms with E-state index >= 15 is 0 Å². The second-order valence-electron chi connectivity index (χ2n) is 7.48. The molecule has 0 aliphatic carbocycles. The molecule has 3 aromatic rings. The van der Waals surface area contributed by atoms with Crippen LogP contribution < -0.4 is 5.32 Å². The van der Waals surface area contributed by atoms with Crippen LogP contribution >= 0.6 is 11.6 Å². The van der Waals surface area contributed by atoms with E-state index in [1.807, 2.05) is 29.1 Å². The van der Waals surface area contributed by atoms with Gasteiger partial charge in [-0.1, -0.05) is 32.4 Å². The molecule has 2 heterocycles. The lowest BCUT2D eigenvalue weighted by Gasteiger charge is -2.27. The van der Waals surface area contributed by atoms with Crippen molar-refractivity contribution < 1.29 is 14.7 Å². The molecule has 8 heteroatoms. The van der Waals surface area contributed by atoms with Gasteiger partial charge in [0.25, 0.3) is 5.91 Å². The van der Waals surface area contributed by atoms with Gasteiger partial charge in [-0.25, -0.2) is 9.48 Å². The Balaban J connectivity index is 2.01. The van der Waals surface area contributed by atoms with E-state index in [-0.39, 0.29) is 5.69 Å². The maximum atomic E-state index is 12.7. The first-order valence-corrected chi connectivity index (χ1v) is 9.07. The van der Waals surface area contributed by atoms with Crippen molar-refractivity contribution in [1.82, 2.24) is 19.7 Å². The fraction of sp³-hybridized carbons (Fsp3) is 0.250. The van der Waals surface area contributed by atoms with Gasteiger partial charge in [0, 0.05) is 23.5 Å². The van der Waals surface area contributed by atoms with E-state index in [2.05, 4.69) is 10.4 Å². The number of rotatable bonds is 5. The van der Waals surface area contributed by atoms with Crippen molar-refractivity contribution in [2.45, 2.75) is 26.8 Å². The molecular formula is C20H21ClN4O3. The van der Waals surface area contributed by atoms with Crippen LogP contribution in [0.5, 0.6) is 0 Å². The van der Waals surface area contributed by atoms with Crippen LogP contribution in [0.2, 0.25) is 5.02 Å². The van der Waals surface area contributed by atoms with Gasteiger partial charge in [0.2, 0.25) is 0 Å². The van der Waals surface area contributed by atoms with Crippen LogP contribution in [0, 0.1) is 5.41 Å². The molecule has 2 aromatic heterocycles. The minimum absolute atomic E-state index is 0.120. The van der Waals surface area contributed by atoms with Crippen molar-refractivity contribution in [3.63, 3.8) is 0 Å². The molecule has 2 N–H and O–H groups in total. The van der Waals surface area contributed by atoms with Crippen LogP contribution in [-0.2, 0) is 4.79 Å². The lowest BCUT2D eigenvalue weighted by atomic mass is 9.86. The van der Waals surface area contributed by atoms with Crippen LogP contribution in [0.1, 0.15) is 31.3 Å². The third-order valence-corrected chi connectivity index (χ3v) is 4.50. The second kappa shape index (κ2) is 7.52.